The molecule has 1 N–H and O–H groups in total. The van der Waals surface area contributed by atoms with Crippen molar-refractivity contribution >= 4 is 0 Å². The molecule has 1 aromatic carbocycles. The number of hydrogen-bond donors (Lipinski definition) is 1. The summed E-state index contributed by atoms with van der Waals surface area (Å²) in [6, 6.07) is 9.36. The standard InChI is InChI=1S/C30H45NO3/c1-29-14-15-30(33-18-19-34-30)21-24(29)11-12-26-22(6-5-9-27(26)29)13-17-32-25-8-4-7-23(20-25)28-10-2-3-16-31-28/h4,7-8,20,22,24,26-28,31H,2-3,5-6,9-19,21H2,1H3. The zero-order valence-electron chi connectivity index (χ0n) is 21.2. The van der Waals surface area contributed by atoms with Gasteiger partial charge in [0, 0.05) is 18.9 Å². The summed E-state index contributed by atoms with van der Waals surface area (Å²) in [5.74, 6) is 4.18. The van der Waals surface area contributed by atoms with Crippen molar-refractivity contribution in [2.24, 2.45) is 29.1 Å². The largest absolute Gasteiger partial charge is 0.494 e. The Bertz CT molecular complexity index is 830. The SMILES string of the molecule is CC12CCC3(CC1CCC1C(CCOc4cccc(C5CCCCN5)c4)CCCC12)OCCO3. The third kappa shape index (κ3) is 4.44. The summed E-state index contributed by atoms with van der Waals surface area (Å²) >= 11 is 0. The fourth-order valence-electron chi connectivity index (χ4n) is 8.70. The number of piperidine rings is 1. The molecule has 1 aromatic rings. The van der Waals surface area contributed by atoms with Gasteiger partial charge < -0.3 is 19.5 Å². The maximum absolute atomic E-state index is 6.35. The van der Waals surface area contributed by atoms with E-state index in [-0.39, 0.29) is 5.79 Å². The number of hydrogen-bond acceptors (Lipinski definition) is 4. The molecular weight excluding hydrogens is 422 g/mol. The Morgan fingerprint density at radius 3 is 2.76 bits per heavy atom. The van der Waals surface area contributed by atoms with Gasteiger partial charge in [-0.2, -0.15) is 0 Å². The third-order valence-corrected chi connectivity index (χ3v) is 10.6. The summed E-state index contributed by atoms with van der Waals surface area (Å²) in [5.41, 5.74) is 1.87. The molecule has 34 heavy (non-hydrogen) atoms. The number of nitrogens with one attached hydrogen (secondary N) is 1. The molecule has 0 bridgehead atoms. The van der Waals surface area contributed by atoms with Crippen molar-refractivity contribution in [1.82, 2.24) is 5.32 Å². The minimum Gasteiger partial charge on any atom is -0.494 e. The number of fused-ring (bicyclic) bond motifs is 3. The second-order valence-corrected chi connectivity index (χ2v) is 12.3. The Hall–Kier alpha value is -1.10. The van der Waals surface area contributed by atoms with Gasteiger partial charge in [-0.25, -0.2) is 0 Å². The van der Waals surface area contributed by atoms with Crippen LogP contribution in [0.3, 0.4) is 0 Å². The van der Waals surface area contributed by atoms with Gasteiger partial charge in [0.05, 0.1) is 19.8 Å². The molecule has 5 aliphatic rings. The van der Waals surface area contributed by atoms with Crippen molar-refractivity contribution in [3.05, 3.63) is 29.8 Å². The molecule has 4 nitrogen and oxygen atoms in total. The summed E-state index contributed by atoms with van der Waals surface area (Å²) in [4.78, 5) is 0. The molecule has 3 aliphatic carbocycles. The maximum atomic E-state index is 6.35. The normalized spacial score (nSPS) is 39.4. The highest BCUT2D eigenvalue weighted by Gasteiger charge is 2.57. The lowest BCUT2D eigenvalue weighted by Crippen LogP contribution is -2.54. The van der Waals surface area contributed by atoms with Crippen LogP contribution in [0.2, 0.25) is 0 Å². The van der Waals surface area contributed by atoms with Crippen molar-refractivity contribution in [2.45, 2.75) is 95.8 Å². The summed E-state index contributed by atoms with van der Waals surface area (Å²) < 4.78 is 18.6. The van der Waals surface area contributed by atoms with Crippen molar-refractivity contribution < 1.29 is 14.2 Å². The van der Waals surface area contributed by atoms with E-state index < -0.39 is 0 Å². The van der Waals surface area contributed by atoms with Gasteiger partial charge in [-0.05, 0) is 98.3 Å². The molecule has 0 amide bonds. The van der Waals surface area contributed by atoms with E-state index in [1.165, 1.54) is 69.8 Å². The predicted octanol–water partition coefficient (Wildman–Crippen LogP) is 6.65. The molecule has 2 heterocycles. The Balaban J connectivity index is 1.06. The van der Waals surface area contributed by atoms with Crippen LogP contribution in [0.5, 0.6) is 5.75 Å². The first-order valence-corrected chi connectivity index (χ1v) is 14.4. The molecule has 188 valence electrons. The minimum atomic E-state index is -0.236. The lowest BCUT2D eigenvalue weighted by atomic mass is 9.47. The maximum Gasteiger partial charge on any atom is 0.168 e. The highest BCUT2D eigenvalue weighted by Crippen LogP contribution is 2.62. The van der Waals surface area contributed by atoms with E-state index in [4.69, 9.17) is 14.2 Å². The fraction of sp³-hybridized carbons (Fsp3) is 0.800. The van der Waals surface area contributed by atoms with Gasteiger partial charge in [-0.3, -0.25) is 0 Å². The van der Waals surface area contributed by atoms with Gasteiger partial charge in [-0.15, -0.1) is 0 Å². The van der Waals surface area contributed by atoms with E-state index in [0.29, 0.717) is 11.5 Å². The van der Waals surface area contributed by atoms with Gasteiger partial charge in [0.15, 0.2) is 5.79 Å². The topological polar surface area (TPSA) is 39.7 Å². The quantitative estimate of drug-likeness (QED) is 0.526. The molecule has 3 saturated carbocycles. The second-order valence-electron chi connectivity index (χ2n) is 12.3. The van der Waals surface area contributed by atoms with Gasteiger partial charge in [0.1, 0.15) is 5.75 Å². The van der Waals surface area contributed by atoms with E-state index in [2.05, 4.69) is 36.5 Å². The first kappa shape index (κ1) is 23.3. The molecular formula is C30H45NO3. The first-order chi connectivity index (χ1) is 16.7. The number of ether oxygens (including phenoxy) is 3. The number of benzene rings is 1. The average Bonchev–Trinajstić information content (AvgIpc) is 3.34. The molecule has 6 atom stereocenters. The van der Waals surface area contributed by atoms with Crippen LogP contribution in [-0.2, 0) is 9.47 Å². The summed E-state index contributed by atoms with van der Waals surface area (Å²) in [6.45, 7) is 6.20. The van der Waals surface area contributed by atoms with Crippen LogP contribution in [0.15, 0.2) is 24.3 Å². The van der Waals surface area contributed by atoms with Crippen molar-refractivity contribution in [3.8, 4) is 5.75 Å². The van der Waals surface area contributed by atoms with Gasteiger partial charge in [-0.1, -0.05) is 38.3 Å². The van der Waals surface area contributed by atoms with Crippen LogP contribution >= 0.6 is 0 Å². The molecule has 0 radical (unpaired) electrons. The molecule has 0 aromatic heterocycles. The Morgan fingerprint density at radius 2 is 1.91 bits per heavy atom. The smallest absolute Gasteiger partial charge is 0.168 e. The summed E-state index contributed by atoms with van der Waals surface area (Å²) in [5, 5.41) is 3.67. The first-order valence-electron chi connectivity index (χ1n) is 14.4. The monoisotopic (exact) mass is 467 g/mol. The highest BCUT2D eigenvalue weighted by atomic mass is 16.7. The van der Waals surface area contributed by atoms with Crippen LogP contribution in [-0.4, -0.2) is 32.2 Å². The molecule has 2 aliphatic heterocycles. The lowest BCUT2D eigenvalue weighted by molar-refractivity contribution is -0.226. The summed E-state index contributed by atoms with van der Waals surface area (Å²) in [7, 11) is 0. The van der Waals surface area contributed by atoms with Crippen molar-refractivity contribution in [2.75, 3.05) is 26.4 Å². The van der Waals surface area contributed by atoms with Crippen LogP contribution in [0.4, 0.5) is 0 Å². The van der Waals surface area contributed by atoms with Crippen LogP contribution in [0.25, 0.3) is 0 Å². The van der Waals surface area contributed by atoms with Crippen LogP contribution < -0.4 is 10.1 Å². The lowest BCUT2D eigenvalue weighted by Gasteiger charge is -2.59. The molecule has 5 fully saturated rings. The zero-order valence-corrected chi connectivity index (χ0v) is 21.2. The van der Waals surface area contributed by atoms with E-state index in [9.17, 15) is 0 Å². The minimum absolute atomic E-state index is 0.236. The summed E-state index contributed by atoms with van der Waals surface area (Å²) in [6.07, 6.45) is 15.6. The Morgan fingerprint density at radius 1 is 1.00 bits per heavy atom. The Labute approximate surface area is 206 Å². The predicted molar refractivity (Wildman–Crippen MR) is 135 cm³/mol. The Kier molecular flexibility index (Phi) is 6.68. The van der Waals surface area contributed by atoms with Crippen LogP contribution in [0, 0.1) is 29.1 Å². The molecule has 4 heteroatoms. The molecule has 6 rings (SSSR count). The van der Waals surface area contributed by atoms with Crippen molar-refractivity contribution in [1.29, 1.82) is 0 Å². The molecule has 6 unspecified atom stereocenters. The van der Waals surface area contributed by atoms with Crippen LogP contribution in [0.1, 0.15) is 95.6 Å². The van der Waals surface area contributed by atoms with Gasteiger partial charge in [0.25, 0.3) is 0 Å². The number of rotatable bonds is 5. The molecule has 1 spiro atoms. The van der Waals surface area contributed by atoms with Gasteiger partial charge >= 0.3 is 0 Å². The van der Waals surface area contributed by atoms with E-state index in [1.54, 1.807) is 0 Å². The fourth-order valence-corrected chi connectivity index (χ4v) is 8.70. The zero-order chi connectivity index (χ0) is 23.0. The van der Waals surface area contributed by atoms with E-state index >= 15 is 0 Å². The third-order valence-electron chi connectivity index (χ3n) is 10.6. The average molecular weight is 468 g/mol. The highest BCUT2D eigenvalue weighted by molar-refractivity contribution is 5.30. The van der Waals surface area contributed by atoms with Crippen molar-refractivity contribution in [3.63, 3.8) is 0 Å². The van der Waals surface area contributed by atoms with Gasteiger partial charge in [0.2, 0.25) is 0 Å². The van der Waals surface area contributed by atoms with E-state index in [0.717, 1.165) is 68.6 Å². The van der Waals surface area contributed by atoms with E-state index in [1.807, 2.05) is 0 Å². The second kappa shape index (κ2) is 9.75. The molecule has 2 saturated heterocycles.